The van der Waals surface area contributed by atoms with Crippen molar-refractivity contribution in [2.45, 2.75) is 19.7 Å². The van der Waals surface area contributed by atoms with Crippen molar-refractivity contribution in [3.05, 3.63) is 29.3 Å². The summed E-state index contributed by atoms with van der Waals surface area (Å²) in [6.45, 7) is 0.234. The highest BCUT2D eigenvalue weighted by Crippen LogP contribution is 2.21. The van der Waals surface area contributed by atoms with Crippen LogP contribution in [0.1, 0.15) is 11.1 Å². The summed E-state index contributed by atoms with van der Waals surface area (Å²) in [6, 6.07) is 4.98. The van der Waals surface area contributed by atoms with Crippen molar-refractivity contribution < 1.29 is 22.7 Å². The third-order valence-corrected chi connectivity index (χ3v) is 2.43. The molecule has 1 amide bonds. The Morgan fingerprint density at radius 1 is 1.42 bits per heavy atom. The van der Waals surface area contributed by atoms with Gasteiger partial charge >= 0.3 is 6.18 Å². The lowest BCUT2D eigenvalue weighted by atomic mass is 10.1. The van der Waals surface area contributed by atoms with Crippen LogP contribution in [0.25, 0.3) is 0 Å². The van der Waals surface area contributed by atoms with Crippen LogP contribution >= 0.6 is 11.6 Å². The van der Waals surface area contributed by atoms with Crippen molar-refractivity contribution in [2.75, 3.05) is 17.8 Å². The van der Waals surface area contributed by atoms with Gasteiger partial charge in [-0.05, 0) is 18.6 Å². The summed E-state index contributed by atoms with van der Waals surface area (Å²) < 4.78 is 40.5. The van der Waals surface area contributed by atoms with Crippen molar-refractivity contribution in [1.29, 1.82) is 0 Å². The first kappa shape index (κ1) is 15.8. The minimum Gasteiger partial charge on any atom is -0.367 e. The van der Waals surface area contributed by atoms with Gasteiger partial charge in [0.15, 0.2) is 0 Å². The molecule has 19 heavy (non-hydrogen) atoms. The fraction of sp³-hybridized carbons (Fsp3) is 0.417. The molecule has 0 fully saturated rings. The molecular weight excluding hydrogens is 283 g/mol. The van der Waals surface area contributed by atoms with Gasteiger partial charge in [0.1, 0.15) is 12.5 Å². The zero-order chi connectivity index (χ0) is 14.5. The molecule has 106 valence electrons. The molecule has 0 aliphatic carbocycles. The fourth-order valence-electron chi connectivity index (χ4n) is 1.39. The van der Waals surface area contributed by atoms with Gasteiger partial charge in [0.05, 0.1) is 6.61 Å². The average molecular weight is 296 g/mol. The van der Waals surface area contributed by atoms with E-state index in [0.717, 1.165) is 5.56 Å². The molecule has 7 heteroatoms. The number of aryl methyl sites for hydroxylation is 1. The Bertz CT molecular complexity index is 449. The molecule has 0 aliphatic rings. The van der Waals surface area contributed by atoms with Crippen molar-refractivity contribution >= 4 is 23.2 Å². The number of halogens is 4. The van der Waals surface area contributed by atoms with Crippen LogP contribution in [-0.4, -0.2) is 24.6 Å². The van der Waals surface area contributed by atoms with Gasteiger partial charge in [-0.15, -0.1) is 11.6 Å². The van der Waals surface area contributed by atoms with E-state index < -0.39 is 18.7 Å². The summed E-state index contributed by atoms with van der Waals surface area (Å²) in [5.41, 5.74) is 1.74. The standard InChI is InChI=1S/C12H13ClF3NO2/c1-8-2-3-9(6-19-7-12(14,15)16)10(4-8)17-11(18)5-13/h2-4H,5-7H2,1H3,(H,17,18). The second-order valence-electron chi connectivity index (χ2n) is 3.95. The van der Waals surface area contributed by atoms with Crippen LogP contribution in [0.15, 0.2) is 18.2 Å². The number of hydrogen-bond acceptors (Lipinski definition) is 2. The minimum atomic E-state index is -4.37. The van der Waals surface area contributed by atoms with E-state index in [1.807, 2.05) is 0 Å². The lowest BCUT2D eigenvalue weighted by Gasteiger charge is -2.13. The molecule has 0 saturated carbocycles. The number of alkyl halides is 4. The summed E-state index contributed by atoms with van der Waals surface area (Å²) in [4.78, 5) is 11.2. The van der Waals surface area contributed by atoms with E-state index in [4.69, 9.17) is 11.6 Å². The zero-order valence-electron chi connectivity index (χ0n) is 10.2. The summed E-state index contributed by atoms with van der Waals surface area (Å²) in [5, 5.41) is 2.52. The predicted molar refractivity (Wildman–Crippen MR) is 66.2 cm³/mol. The molecule has 0 atom stereocenters. The van der Waals surface area contributed by atoms with E-state index in [2.05, 4.69) is 10.1 Å². The number of benzene rings is 1. The first-order valence-electron chi connectivity index (χ1n) is 5.41. The molecule has 1 N–H and O–H groups in total. The third-order valence-electron chi connectivity index (χ3n) is 2.18. The zero-order valence-corrected chi connectivity index (χ0v) is 10.9. The van der Waals surface area contributed by atoms with Gasteiger partial charge < -0.3 is 10.1 Å². The van der Waals surface area contributed by atoms with Crippen LogP contribution in [0.2, 0.25) is 0 Å². The molecule has 0 aliphatic heterocycles. The number of hydrogen-bond donors (Lipinski definition) is 1. The number of ether oxygens (including phenoxy) is 1. The van der Waals surface area contributed by atoms with Crippen LogP contribution < -0.4 is 5.32 Å². The molecule has 0 saturated heterocycles. The van der Waals surface area contributed by atoms with Crippen LogP contribution in [0.5, 0.6) is 0 Å². The molecule has 1 aromatic carbocycles. The quantitative estimate of drug-likeness (QED) is 0.847. The Kier molecular flexibility index (Phi) is 5.62. The van der Waals surface area contributed by atoms with Crippen LogP contribution in [0.4, 0.5) is 18.9 Å². The number of anilines is 1. The molecule has 1 rings (SSSR count). The highest BCUT2D eigenvalue weighted by Gasteiger charge is 2.27. The number of rotatable bonds is 5. The molecule has 0 unspecified atom stereocenters. The second-order valence-corrected chi connectivity index (χ2v) is 4.22. The van der Waals surface area contributed by atoms with E-state index in [9.17, 15) is 18.0 Å². The van der Waals surface area contributed by atoms with Gasteiger partial charge in [-0.25, -0.2) is 0 Å². The van der Waals surface area contributed by atoms with E-state index >= 15 is 0 Å². The Hall–Kier alpha value is -1.27. The van der Waals surface area contributed by atoms with E-state index in [-0.39, 0.29) is 12.5 Å². The molecule has 0 radical (unpaired) electrons. The summed E-state index contributed by atoms with van der Waals surface area (Å²) in [5.74, 6) is -0.652. The monoisotopic (exact) mass is 295 g/mol. The maximum atomic E-state index is 12.0. The first-order chi connectivity index (χ1) is 8.81. The van der Waals surface area contributed by atoms with Crippen molar-refractivity contribution in [1.82, 2.24) is 0 Å². The fourth-order valence-corrected chi connectivity index (χ4v) is 1.46. The lowest BCUT2D eigenvalue weighted by Crippen LogP contribution is -2.18. The molecular formula is C12H13ClF3NO2. The number of carbonyl (C=O) groups excluding carboxylic acids is 1. The Morgan fingerprint density at radius 2 is 2.11 bits per heavy atom. The number of amides is 1. The SMILES string of the molecule is Cc1ccc(COCC(F)(F)F)c(NC(=O)CCl)c1. The Morgan fingerprint density at radius 3 is 2.68 bits per heavy atom. The van der Waals surface area contributed by atoms with Gasteiger partial charge in [-0.3, -0.25) is 4.79 Å². The number of carbonyl (C=O) groups is 1. The van der Waals surface area contributed by atoms with Gasteiger partial charge in [0.25, 0.3) is 0 Å². The molecule has 0 heterocycles. The van der Waals surface area contributed by atoms with Gasteiger partial charge in [0, 0.05) is 11.3 Å². The average Bonchev–Trinajstić information content (AvgIpc) is 2.30. The second kappa shape index (κ2) is 6.77. The van der Waals surface area contributed by atoms with E-state index in [1.165, 1.54) is 0 Å². The molecule has 0 spiro atoms. The third kappa shape index (κ3) is 5.94. The summed E-state index contributed by atoms with van der Waals surface area (Å²) in [7, 11) is 0. The largest absolute Gasteiger partial charge is 0.411 e. The molecule has 0 bridgehead atoms. The van der Waals surface area contributed by atoms with E-state index in [0.29, 0.717) is 11.3 Å². The normalized spacial score (nSPS) is 11.4. The van der Waals surface area contributed by atoms with Crippen LogP contribution in [0, 0.1) is 6.92 Å². The highest BCUT2D eigenvalue weighted by atomic mass is 35.5. The summed E-state index contributed by atoms with van der Waals surface area (Å²) >= 11 is 5.37. The predicted octanol–water partition coefficient (Wildman–Crippen LogP) is 3.25. The summed E-state index contributed by atoms with van der Waals surface area (Å²) in [6.07, 6.45) is -4.37. The molecule has 3 nitrogen and oxygen atoms in total. The van der Waals surface area contributed by atoms with Crippen LogP contribution in [0.3, 0.4) is 0 Å². The van der Waals surface area contributed by atoms with Gasteiger partial charge in [-0.2, -0.15) is 13.2 Å². The van der Waals surface area contributed by atoms with Crippen molar-refractivity contribution in [2.24, 2.45) is 0 Å². The Labute approximate surface area is 113 Å². The van der Waals surface area contributed by atoms with Crippen molar-refractivity contribution in [3.8, 4) is 0 Å². The maximum absolute atomic E-state index is 12.0. The minimum absolute atomic E-state index is 0.225. The Balaban J connectivity index is 2.73. The van der Waals surface area contributed by atoms with Gasteiger partial charge in [-0.1, -0.05) is 12.1 Å². The van der Waals surface area contributed by atoms with E-state index in [1.54, 1.807) is 25.1 Å². The lowest BCUT2D eigenvalue weighted by molar-refractivity contribution is -0.176. The maximum Gasteiger partial charge on any atom is 0.411 e. The molecule has 1 aromatic rings. The van der Waals surface area contributed by atoms with Crippen LogP contribution in [-0.2, 0) is 16.1 Å². The van der Waals surface area contributed by atoms with Crippen molar-refractivity contribution in [3.63, 3.8) is 0 Å². The number of nitrogens with one attached hydrogen (secondary N) is 1. The first-order valence-corrected chi connectivity index (χ1v) is 5.95. The highest BCUT2D eigenvalue weighted by molar-refractivity contribution is 6.29. The smallest absolute Gasteiger partial charge is 0.367 e. The van der Waals surface area contributed by atoms with Gasteiger partial charge in [0.2, 0.25) is 5.91 Å². The topological polar surface area (TPSA) is 38.3 Å². The molecule has 0 aromatic heterocycles.